The van der Waals surface area contributed by atoms with Crippen LogP contribution in [0.15, 0.2) is 42.6 Å². The molecule has 9 nitrogen and oxygen atoms in total. The zero-order valence-electron chi connectivity index (χ0n) is 16.3. The Morgan fingerprint density at radius 2 is 1.80 bits per heavy atom. The molecule has 0 aliphatic carbocycles. The van der Waals surface area contributed by atoms with Crippen LogP contribution in [0.1, 0.15) is 43.6 Å². The molecule has 9 heteroatoms. The maximum Gasteiger partial charge on any atom is 0.338 e. The summed E-state index contributed by atoms with van der Waals surface area (Å²) in [6, 6.07) is 8.67. The summed E-state index contributed by atoms with van der Waals surface area (Å²) in [5.74, 6) is -2.23. The number of para-hydroxylation sites is 1. The van der Waals surface area contributed by atoms with Crippen LogP contribution in [0.4, 0.5) is 5.69 Å². The number of hydrogen-bond acceptors (Lipinski definition) is 7. The number of H-pyrrole nitrogens is 1. The standard InChI is InChI=1S/C21H18N2O7/c1-3-12-5-4-6-16-17(10-22-19(12)16)18(24)11-30-21(26)14-7-13(20(25)29-2)8-15(9-14)23(27)28/h4-10,22H,3,11H2,1-2H3. The number of rotatable bonds is 7. The van der Waals surface area contributed by atoms with Crippen LogP contribution in [0.25, 0.3) is 10.9 Å². The molecule has 0 unspecified atom stereocenters. The number of ketones is 1. The number of aromatic amines is 1. The van der Waals surface area contributed by atoms with Crippen LogP contribution in [0, 0.1) is 10.1 Å². The molecule has 3 rings (SSSR count). The Labute approximate surface area is 170 Å². The van der Waals surface area contributed by atoms with Crippen LogP contribution in [0.5, 0.6) is 0 Å². The Morgan fingerprint density at radius 3 is 2.43 bits per heavy atom. The van der Waals surface area contributed by atoms with Crippen molar-refractivity contribution in [2.45, 2.75) is 13.3 Å². The predicted molar refractivity (Wildman–Crippen MR) is 107 cm³/mol. The van der Waals surface area contributed by atoms with Crippen LogP contribution in [-0.4, -0.2) is 41.3 Å². The number of carbonyl (C=O) groups excluding carboxylic acids is 3. The lowest BCUT2D eigenvalue weighted by Gasteiger charge is -2.06. The molecule has 0 bridgehead atoms. The maximum atomic E-state index is 12.6. The summed E-state index contributed by atoms with van der Waals surface area (Å²) in [4.78, 5) is 50.0. The molecular weight excluding hydrogens is 392 g/mol. The fourth-order valence-corrected chi connectivity index (χ4v) is 3.10. The normalized spacial score (nSPS) is 10.6. The van der Waals surface area contributed by atoms with Crippen molar-refractivity contribution in [3.05, 3.63) is 75.0 Å². The number of benzene rings is 2. The quantitative estimate of drug-likeness (QED) is 0.273. The van der Waals surface area contributed by atoms with Crippen molar-refractivity contribution in [3.8, 4) is 0 Å². The maximum absolute atomic E-state index is 12.6. The third-order valence-corrected chi connectivity index (χ3v) is 4.60. The van der Waals surface area contributed by atoms with E-state index in [1.54, 1.807) is 12.3 Å². The first-order valence-corrected chi connectivity index (χ1v) is 9.02. The van der Waals surface area contributed by atoms with E-state index in [0.29, 0.717) is 5.56 Å². The topological polar surface area (TPSA) is 129 Å². The predicted octanol–water partition coefficient (Wildman–Crippen LogP) is 3.46. The van der Waals surface area contributed by atoms with E-state index in [1.165, 1.54) is 0 Å². The number of non-ortho nitro benzene ring substituents is 1. The van der Waals surface area contributed by atoms with Crippen molar-refractivity contribution in [1.82, 2.24) is 4.98 Å². The second-order valence-corrected chi connectivity index (χ2v) is 6.41. The summed E-state index contributed by atoms with van der Waals surface area (Å²) in [6.45, 7) is 1.44. The van der Waals surface area contributed by atoms with Gasteiger partial charge in [-0.15, -0.1) is 0 Å². The van der Waals surface area contributed by atoms with Crippen molar-refractivity contribution < 1.29 is 28.8 Å². The molecule has 2 aromatic carbocycles. The van der Waals surface area contributed by atoms with Crippen LogP contribution in [0.3, 0.4) is 0 Å². The average molecular weight is 410 g/mol. The molecule has 0 fully saturated rings. The highest BCUT2D eigenvalue weighted by molar-refractivity contribution is 6.09. The van der Waals surface area contributed by atoms with Crippen molar-refractivity contribution in [2.24, 2.45) is 0 Å². The van der Waals surface area contributed by atoms with E-state index in [4.69, 9.17) is 4.74 Å². The van der Waals surface area contributed by atoms with Crippen molar-refractivity contribution >= 4 is 34.3 Å². The van der Waals surface area contributed by atoms with Gasteiger partial charge in [-0.2, -0.15) is 0 Å². The number of nitrogens with one attached hydrogen (secondary N) is 1. The van der Waals surface area contributed by atoms with Gasteiger partial charge >= 0.3 is 11.9 Å². The number of nitro benzene ring substituents is 1. The highest BCUT2D eigenvalue weighted by Gasteiger charge is 2.21. The molecule has 0 amide bonds. The van der Waals surface area contributed by atoms with Gasteiger partial charge in [0.25, 0.3) is 5.69 Å². The van der Waals surface area contributed by atoms with Crippen LogP contribution < -0.4 is 0 Å². The minimum absolute atomic E-state index is 0.172. The number of carbonyl (C=O) groups is 3. The first kappa shape index (κ1) is 20.7. The molecule has 154 valence electrons. The molecule has 0 spiro atoms. The van der Waals surface area contributed by atoms with Crippen LogP contribution >= 0.6 is 0 Å². The molecule has 1 N–H and O–H groups in total. The Morgan fingerprint density at radius 1 is 1.10 bits per heavy atom. The third kappa shape index (κ3) is 4.04. The summed E-state index contributed by atoms with van der Waals surface area (Å²) in [5.41, 5.74) is 1.40. The number of aryl methyl sites for hydroxylation is 1. The summed E-state index contributed by atoms with van der Waals surface area (Å²) in [6.07, 6.45) is 2.35. The minimum Gasteiger partial charge on any atom is -0.465 e. The zero-order valence-corrected chi connectivity index (χ0v) is 16.3. The third-order valence-electron chi connectivity index (χ3n) is 4.60. The van der Waals surface area contributed by atoms with Gasteiger partial charge in [-0.25, -0.2) is 9.59 Å². The van der Waals surface area contributed by atoms with Crippen molar-refractivity contribution in [3.63, 3.8) is 0 Å². The van der Waals surface area contributed by atoms with Gasteiger partial charge in [0.1, 0.15) is 0 Å². The monoisotopic (exact) mass is 410 g/mol. The van der Waals surface area contributed by atoms with E-state index in [1.807, 2.05) is 19.1 Å². The van der Waals surface area contributed by atoms with Crippen LogP contribution in [0.2, 0.25) is 0 Å². The Hall–Kier alpha value is -4.01. The fourth-order valence-electron chi connectivity index (χ4n) is 3.10. The first-order valence-electron chi connectivity index (χ1n) is 9.02. The molecular formula is C21H18N2O7. The van der Waals surface area contributed by atoms with E-state index in [2.05, 4.69) is 9.72 Å². The lowest BCUT2D eigenvalue weighted by atomic mass is 10.1. The number of ether oxygens (including phenoxy) is 2. The number of esters is 2. The van der Waals surface area contributed by atoms with Crippen molar-refractivity contribution in [1.29, 1.82) is 0 Å². The van der Waals surface area contributed by atoms with Gasteiger partial charge < -0.3 is 14.5 Å². The molecule has 30 heavy (non-hydrogen) atoms. The number of aromatic nitrogens is 1. The first-order chi connectivity index (χ1) is 14.3. The number of methoxy groups -OCH3 is 1. The Kier molecular flexibility index (Phi) is 5.91. The number of Topliss-reactive ketones (excluding diaryl/α,β-unsaturated/α-hetero) is 1. The largest absolute Gasteiger partial charge is 0.465 e. The SMILES string of the molecule is CCc1cccc2c(C(=O)COC(=O)c3cc(C(=O)OC)cc([N+](=O)[O-])c3)c[nH]c12. The van der Waals surface area contributed by atoms with E-state index in [-0.39, 0.29) is 11.1 Å². The number of nitrogens with zero attached hydrogens (tertiary/aromatic N) is 1. The number of hydrogen-bond donors (Lipinski definition) is 1. The van der Waals surface area contributed by atoms with Gasteiger partial charge in [0.2, 0.25) is 5.78 Å². The molecule has 1 aromatic heterocycles. The summed E-state index contributed by atoms with van der Waals surface area (Å²) in [7, 11) is 1.11. The molecule has 3 aromatic rings. The van der Waals surface area contributed by atoms with Gasteiger partial charge in [-0.05, 0) is 18.1 Å². The van der Waals surface area contributed by atoms with E-state index < -0.39 is 34.9 Å². The molecule has 0 atom stereocenters. The van der Waals surface area contributed by atoms with Gasteiger partial charge in [0, 0.05) is 34.8 Å². The molecule has 0 saturated carbocycles. The fraction of sp³-hybridized carbons (Fsp3) is 0.190. The summed E-state index contributed by atoms with van der Waals surface area (Å²) >= 11 is 0. The Bertz CT molecular complexity index is 1160. The Balaban J connectivity index is 1.80. The number of fused-ring (bicyclic) bond motifs is 1. The van der Waals surface area contributed by atoms with Gasteiger partial charge in [0.15, 0.2) is 6.61 Å². The van der Waals surface area contributed by atoms with Gasteiger partial charge in [-0.3, -0.25) is 14.9 Å². The van der Waals surface area contributed by atoms with Crippen molar-refractivity contribution in [2.75, 3.05) is 13.7 Å². The molecule has 1 heterocycles. The highest BCUT2D eigenvalue weighted by Crippen LogP contribution is 2.23. The average Bonchev–Trinajstić information content (AvgIpc) is 3.20. The lowest BCUT2D eigenvalue weighted by molar-refractivity contribution is -0.384. The molecule has 0 aliphatic heterocycles. The minimum atomic E-state index is -0.966. The molecule has 0 radical (unpaired) electrons. The molecule has 0 aliphatic rings. The van der Waals surface area contributed by atoms with Crippen LogP contribution in [-0.2, 0) is 15.9 Å². The van der Waals surface area contributed by atoms with E-state index in [0.717, 1.165) is 48.2 Å². The lowest BCUT2D eigenvalue weighted by Crippen LogP contribution is -2.15. The van der Waals surface area contributed by atoms with Gasteiger partial charge in [0.05, 0.1) is 23.2 Å². The highest BCUT2D eigenvalue weighted by atomic mass is 16.6. The molecule has 0 saturated heterocycles. The van der Waals surface area contributed by atoms with Gasteiger partial charge in [-0.1, -0.05) is 25.1 Å². The summed E-state index contributed by atoms with van der Waals surface area (Å²) in [5, 5.41) is 11.8. The second-order valence-electron chi connectivity index (χ2n) is 6.41. The summed E-state index contributed by atoms with van der Waals surface area (Å²) < 4.78 is 9.59. The van der Waals surface area contributed by atoms with E-state index in [9.17, 15) is 24.5 Å². The van der Waals surface area contributed by atoms with E-state index >= 15 is 0 Å². The number of nitro groups is 1. The second kappa shape index (κ2) is 8.56. The smallest absolute Gasteiger partial charge is 0.338 e. The zero-order chi connectivity index (χ0) is 21.8.